The number of nitrogens with one attached hydrogen (secondary N) is 1. The number of rotatable bonds is 4. The summed E-state index contributed by atoms with van der Waals surface area (Å²) in [5, 5.41) is 2.87. The number of halogens is 1. The highest BCUT2D eigenvalue weighted by Gasteiger charge is 2.14. The van der Waals surface area contributed by atoms with Crippen molar-refractivity contribution in [3.8, 4) is 5.75 Å². The number of methoxy groups -OCH3 is 2. The zero-order valence-electron chi connectivity index (χ0n) is 9.41. The highest BCUT2D eigenvalue weighted by molar-refractivity contribution is 5.79. The Hall–Kier alpha value is -1.78. The van der Waals surface area contributed by atoms with Gasteiger partial charge in [-0.2, -0.15) is 0 Å². The molecule has 0 spiro atoms. The molecule has 0 radical (unpaired) electrons. The number of hydrogen-bond acceptors (Lipinski definition) is 4. The fourth-order valence-electron chi connectivity index (χ4n) is 1.25. The van der Waals surface area contributed by atoms with Gasteiger partial charge >= 0.3 is 5.97 Å². The topological polar surface area (TPSA) is 47.6 Å². The maximum atomic E-state index is 12.9. The summed E-state index contributed by atoms with van der Waals surface area (Å²) < 4.78 is 22.4. The van der Waals surface area contributed by atoms with Crippen LogP contribution in [0.25, 0.3) is 0 Å². The van der Waals surface area contributed by atoms with Gasteiger partial charge in [-0.3, -0.25) is 0 Å². The molecule has 0 amide bonds. The Morgan fingerprint density at radius 1 is 1.44 bits per heavy atom. The van der Waals surface area contributed by atoms with Crippen LogP contribution >= 0.6 is 0 Å². The van der Waals surface area contributed by atoms with Crippen LogP contribution in [-0.2, 0) is 9.53 Å². The van der Waals surface area contributed by atoms with Crippen molar-refractivity contribution in [3.63, 3.8) is 0 Å². The molecule has 5 heteroatoms. The molecule has 0 unspecified atom stereocenters. The van der Waals surface area contributed by atoms with Crippen molar-refractivity contribution in [1.82, 2.24) is 0 Å². The van der Waals surface area contributed by atoms with Gasteiger partial charge in [0.25, 0.3) is 0 Å². The van der Waals surface area contributed by atoms with Gasteiger partial charge in [-0.1, -0.05) is 0 Å². The Morgan fingerprint density at radius 2 is 2.12 bits per heavy atom. The van der Waals surface area contributed by atoms with Crippen LogP contribution in [0.1, 0.15) is 6.92 Å². The Morgan fingerprint density at radius 3 is 2.69 bits per heavy atom. The standard InChI is InChI=1S/C11H14FNO3/c1-7(11(14)16-3)13-9-5-4-8(12)6-10(9)15-2/h4-7,13H,1-3H3/t7-/m0/s1. The first-order chi connectivity index (χ1) is 7.58. The molecule has 0 fully saturated rings. The predicted molar refractivity (Wildman–Crippen MR) is 58.1 cm³/mol. The second-order valence-corrected chi connectivity index (χ2v) is 3.23. The van der Waals surface area contributed by atoms with Crippen LogP contribution in [0.2, 0.25) is 0 Å². The van der Waals surface area contributed by atoms with E-state index in [0.29, 0.717) is 11.4 Å². The van der Waals surface area contributed by atoms with E-state index < -0.39 is 17.8 Å². The lowest BCUT2D eigenvalue weighted by Gasteiger charge is -2.15. The van der Waals surface area contributed by atoms with E-state index in [0.717, 1.165) is 0 Å². The van der Waals surface area contributed by atoms with E-state index in [9.17, 15) is 9.18 Å². The Bertz CT molecular complexity index is 381. The van der Waals surface area contributed by atoms with Crippen LogP contribution in [0.5, 0.6) is 5.75 Å². The first-order valence-corrected chi connectivity index (χ1v) is 4.76. The second-order valence-electron chi connectivity index (χ2n) is 3.23. The van der Waals surface area contributed by atoms with Crippen molar-refractivity contribution in [3.05, 3.63) is 24.0 Å². The normalized spacial score (nSPS) is 11.8. The number of anilines is 1. The maximum absolute atomic E-state index is 12.9. The number of carbonyl (C=O) groups excluding carboxylic acids is 1. The van der Waals surface area contributed by atoms with Gasteiger partial charge in [-0.15, -0.1) is 0 Å². The van der Waals surface area contributed by atoms with Crippen LogP contribution < -0.4 is 10.1 Å². The van der Waals surface area contributed by atoms with E-state index in [1.807, 2.05) is 0 Å². The molecule has 0 saturated carbocycles. The van der Waals surface area contributed by atoms with Crippen molar-refractivity contribution >= 4 is 11.7 Å². The summed E-state index contributed by atoms with van der Waals surface area (Å²) in [7, 11) is 2.74. The van der Waals surface area contributed by atoms with Gasteiger partial charge in [-0.25, -0.2) is 9.18 Å². The number of ether oxygens (including phenoxy) is 2. The van der Waals surface area contributed by atoms with E-state index in [1.165, 1.54) is 32.4 Å². The Labute approximate surface area is 93.4 Å². The Kier molecular flexibility index (Phi) is 4.10. The average molecular weight is 227 g/mol. The Balaban J connectivity index is 2.84. The zero-order valence-corrected chi connectivity index (χ0v) is 9.41. The van der Waals surface area contributed by atoms with Gasteiger partial charge in [0.2, 0.25) is 0 Å². The lowest BCUT2D eigenvalue weighted by molar-refractivity contribution is -0.141. The van der Waals surface area contributed by atoms with Crippen LogP contribution in [0.15, 0.2) is 18.2 Å². The highest BCUT2D eigenvalue weighted by atomic mass is 19.1. The predicted octanol–water partition coefficient (Wildman–Crippen LogP) is 1.81. The molecule has 0 aromatic heterocycles. The van der Waals surface area contributed by atoms with E-state index in [-0.39, 0.29) is 0 Å². The molecule has 0 saturated heterocycles. The van der Waals surface area contributed by atoms with Crippen molar-refractivity contribution < 1.29 is 18.7 Å². The summed E-state index contributed by atoms with van der Waals surface area (Å²) in [4.78, 5) is 11.2. The lowest BCUT2D eigenvalue weighted by Crippen LogP contribution is -2.27. The molecular weight excluding hydrogens is 213 g/mol. The van der Waals surface area contributed by atoms with Crippen LogP contribution in [0.3, 0.4) is 0 Å². The molecule has 4 nitrogen and oxygen atoms in total. The first-order valence-electron chi connectivity index (χ1n) is 4.76. The van der Waals surface area contributed by atoms with E-state index in [4.69, 9.17) is 4.74 Å². The molecular formula is C11H14FNO3. The third-order valence-electron chi connectivity index (χ3n) is 2.09. The molecule has 16 heavy (non-hydrogen) atoms. The number of benzene rings is 1. The van der Waals surface area contributed by atoms with Crippen LogP contribution in [0, 0.1) is 5.82 Å². The zero-order chi connectivity index (χ0) is 12.1. The third kappa shape index (κ3) is 2.85. The van der Waals surface area contributed by atoms with E-state index in [1.54, 1.807) is 6.92 Å². The van der Waals surface area contributed by atoms with Crippen LogP contribution in [0.4, 0.5) is 10.1 Å². The van der Waals surface area contributed by atoms with Crippen molar-refractivity contribution in [2.45, 2.75) is 13.0 Å². The molecule has 1 rings (SSSR count). The fraction of sp³-hybridized carbons (Fsp3) is 0.364. The van der Waals surface area contributed by atoms with Gasteiger partial charge < -0.3 is 14.8 Å². The summed E-state index contributed by atoms with van der Waals surface area (Å²) in [5.41, 5.74) is 0.543. The van der Waals surface area contributed by atoms with Gasteiger partial charge in [0.15, 0.2) is 0 Å². The molecule has 1 aromatic carbocycles. The third-order valence-corrected chi connectivity index (χ3v) is 2.09. The summed E-state index contributed by atoms with van der Waals surface area (Å²) in [6.45, 7) is 1.65. The van der Waals surface area contributed by atoms with Crippen molar-refractivity contribution in [2.75, 3.05) is 19.5 Å². The van der Waals surface area contributed by atoms with E-state index >= 15 is 0 Å². The second kappa shape index (κ2) is 5.34. The maximum Gasteiger partial charge on any atom is 0.327 e. The molecule has 0 aliphatic heterocycles. The van der Waals surface area contributed by atoms with Crippen molar-refractivity contribution in [2.24, 2.45) is 0 Å². The van der Waals surface area contributed by atoms with Crippen LogP contribution in [-0.4, -0.2) is 26.2 Å². The van der Waals surface area contributed by atoms with E-state index in [2.05, 4.69) is 10.1 Å². The molecule has 1 atom stereocenters. The highest BCUT2D eigenvalue weighted by Crippen LogP contribution is 2.25. The quantitative estimate of drug-likeness (QED) is 0.797. The first kappa shape index (κ1) is 12.3. The molecule has 0 bridgehead atoms. The minimum atomic E-state index is -0.524. The average Bonchev–Trinajstić information content (AvgIpc) is 2.30. The summed E-state index contributed by atoms with van der Waals surface area (Å²) in [5.74, 6) is -0.449. The summed E-state index contributed by atoms with van der Waals surface area (Å²) >= 11 is 0. The molecule has 1 aromatic rings. The van der Waals surface area contributed by atoms with Gasteiger partial charge in [0.05, 0.1) is 19.9 Å². The molecule has 1 N–H and O–H groups in total. The molecule has 0 aliphatic rings. The largest absolute Gasteiger partial charge is 0.494 e. The smallest absolute Gasteiger partial charge is 0.327 e. The SMILES string of the molecule is COC(=O)[C@H](C)Nc1ccc(F)cc1OC. The summed E-state index contributed by atoms with van der Waals surface area (Å²) in [6.07, 6.45) is 0. The van der Waals surface area contributed by atoms with Gasteiger partial charge in [-0.05, 0) is 19.1 Å². The van der Waals surface area contributed by atoms with Gasteiger partial charge in [0.1, 0.15) is 17.6 Å². The lowest BCUT2D eigenvalue weighted by atomic mass is 10.2. The number of hydrogen-bond donors (Lipinski definition) is 1. The summed E-state index contributed by atoms with van der Waals surface area (Å²) in [6, 6.07) is 3.51. The van der Waals surface area contributed by atoms with Gasteiger partial charge in [0, 0.05) is 6.07 Å². The van der Waals surface area contributed by atoms with Crippen molar-refractivity contribution in [1.29, 1.82) is 0 Å². The fourth-order valence-corrected chi connectivity index (χ4v) is 1.25. The number of carbonyl (C=O) groups is 1. The monoisotopic (exact) mass is 227 g/mol. The molecule has 88 valence electrons. The molecule has 0 aliphatic carbocycles. The minimum absolute atomic E-state index is 0.343. The number of esters is 1. The molecule has 0 heterocycles. The minimum Gasteiger partial charge on any atom is -0.494 e.